The Morgan fingerprint density at radius 1 is 0.391 bits per heavy atom. The van der Waals surface area contributed by atoms with Gasteiger partial charge in [0.15, 0.2) is 0 Å². The number of aryl methyl sites for hydroxylation is 4. The molecule has 8 aromatic rings. The zero-order valence-electron chi connectivity index (χ0n) is 42.5. The van der Waals surface area contributed by atoms with Crippen molar-refractivity contribution in [3.05, 3.63) is 143 Å². The molecule has 1 aliphatic heterocycles. The highest BCUT2D eigenvalue weighted by Crippen LogP contribution is 2.44. The first-order chi connectivity index (χ1) is 33.8. The van der Waals surface area contributed by atoms with Crippen molar-refractivity contribution < 1.29 is 0 Å². The fraction of sp³-hybridized carbons (Fsp3) is 0.375. The summed E-state index contributed by atoms with van der Waals surface area (Å²) in [7, 11) is -2.01. The summed E-state index contributed by atoms with van der Waals surface area (Å²) >= 11 is 3.75. The molecule has 0 N–H and O–H groups in total. The van der Waals surface area contributed by atoms with Crippen molar-refractivity contribution in [3.63, 3.8) is 0 Å². The van der Waals surface area contributed by atoms with Crippen LogP contribution in [0.5, 0.6) is 0 Å². The van der Waals surface area contributed by atoms with Gasteiger partial charge in [0.05, 0.1) is 22.4 Å². The van der Waals surface area contributed by atoms with E-state index in [9.17, 15) is 0 Å². The van der Waals surface area contributed by atoms with Gasteiger partial charge in [0.1, 0.15) is 8.07 Å². The summed E-state index contributed by atoms with van der Waals surface area (Å²) in [5.74, 6) is 0. The predicted octanol–water partition coefficient (Wildman–Crippen LogP) is 18.9. The number of benzene rings is 5. The van der Waals surface area contributed by atoms with E-state index in [-0.39, 0.29) is 0 Å². The maximum absolute atomic E-state index is 5.80. The van der Waals surface area contributed by atoms with Crippen LogP contribution in [0, 0.1) is 13.8 Å². The standard InChI is InChI=1S/C64H74N2S2Si/c1-7-11-15-19-41-69(42-20-16-12-8-2)59-43-45(5)23-34-52(59)53-35-33-51(44-60(53)69)56-39-40-58(68-56)55-37-36-54(57-38-24-46(6)67-57)63-64(55)66-62(50-31-27-48(28-32-50)22-18-14-10-4)61(65-63)49-29-25-47(26-30-49)21-17-13-9-3/h23-40,43-44H,7-22,41-42H2,1-6H3. The Morgan fingerprint density at radius 2 is 0.841 bits per heavy atom. The van der Waals surface area contributed by atoms with Gasteiger partial charge in [-0.1, -0.05) is 207 Å². The Bertz CT molecular complexity index is 2960. The van der Waals surface area contributed by atoms with Crippen LogP contribution in [0.2, 0.25) is 12.1 Å². The van der Waals surface area contributed by atoms with Crippen LogP contribution in [0.1, 0.15) is 139 Å². The summed E-state index contributed by atoms with van der Waals surface area (Å²) in [6, 6.07) is 50.0. The largest absolute Gasteiger partial charge is 0.243 e. The molecule has 2 nitrogen and oxygen atoms in total. The SMILES string of the molecule is CCCCCC[Si]1(CCCCCC)c2cc(C)ccc2-c2ccc(-c3ccc(-c4ccc(-c5ccc(C)s5)c5nc(-c6ccc(CCCCC)cc6)c(-c6ccc(CCCCC)cc6)nc45)s3)cc21. The fourth-order valence-electron chi connectivity index (χ4n) is 11.1. The molecule has 0 radical (unpaired) electrons. The van der Waals surface area contributed by atoms with Crippen LogP contribution in [-0.2, 0) is 12.8 Å². The Morgan fingerprint density at radius 3 is 1.36 bits per heavy atom. The van der Waals surface area contributed by atoms with E-state index in [1.54, 1.807) is 10.4 Å². The number of nitrogens with zero attached hydrogens (tertiary/aromatic N) is 2. The van der Waals surface area contributed by atoms with Crippen molar-refractivity contribution in [1.29, 1.82) is 0 Å². The zero-order chi connectivity index (χ0) is 47.7. The van der Waals surface area contributed by atoms with Crippen LogP contribution in [0.25, 0.3) is 76.0 Å². The Kier molecular flexibility index (Phi) is 16.3. The maximum atomic E-state index is 5.80. The van der Waals surface area contributed by atoms with Crippen molar-refractivity contribution in [3.8, 4) is 65.0 Å². The van der Waals surface area contributed by atoms with E-state index in [1.807, 2.05) is 22.7 Å². The molecule has 0 saturated heterocycles. The maximum Gasteiger partial charge on any atom is 0.119 e. The third-order valence-electron chi connectivity index (χ3n) is 15.0. The number of unbranched alkanes of at least 4 members (excludes halogenated alkanes) is 10. The van der Waals surface area contributed by atoms with Gasteiger partial charge in [0.25, 0.3) is 0 Å². The molecule has 1 aliphatic rings. The molecule has 0 bridgehead atoms. The zero-order valence-corrected chi connectivity index (χ0v) is 45.1. The van der Waals surface area contributed by atoms with E-state index in [0.717, 1.165) is 57.5 Å². The molecule has 0 aliphatic carbocycles. The molecular weight excluding hydrogens is 889 g/mol. The molecule has 0 amide bonds. The minimum absolute atomic E-state index is 0.950. The highest BCUT2D eigenvalue weighted by atomic mass is 32.1. The third-order valence-corrected chi connectivity index (χ3v) is 22.5. The first-order valence-corrected chi connectivity index (χ1v) is 30.9. The molecule has 0 atom stereocenters. The van der Waals surface area contributed by atoms with E-state index in [1.165, 1.54) is 155 Å². The van der Waals surface area contributed by atoms with Gasteiger partial charge in [0.2, 0.25) is 0 Å². The summed E-state index contributed by atoms with van der Waals surface area (Å²) in [5.41, 5.74) is 16.9. The minimum Gasteiger partial charge on any atom is -0.243 e. The number of hydrogen-bond acceptors (Lipinski definition) is 4. The molecular formula is C64H74N2S2Si. The van der Waals surface area contributed by atoms with Crippen molar-refractivity contribution in [2.75, 3.05) is 0 Å². The lowest BCUT2D eigenvalue weighted by molar-refractivity contribution is 0.684. The minimum atomic E-state index is -2.01. The summed E-state index contributed by atoms with van der Waals surface area (Å²) in [6.07, 6.45) is 20.2. The van der Waals surface area contributed by atoms with Gasteiger partial charge in [-0.25, -0.2) is 9.97 Å². The van der Waals surface area contributed by atoms with Gasteiger partial charge in [-0.3, -0.25) is 0 Å². The molecule has 69 heavy (non-hydrogen) atoms. The Labute approximate surface area is 423 Å². The van der Waals surface area contributed by atoms with Crippen LogP contribution in [0.3, 0.4) is 0 Å². The summed E-state index contributed by atoms with van der Waals surface area (Å²) < 4.78 is 0. The molecule has 5 heteroatoms. The fourth-order valence-corrected chi connectivity index (χ4v) is 18.8. The normalized spacial score (nSPS) is 12.8. The molecule has 0 unspecified atom stereocenters. The molecule has 9 rings (SSSR count). The van der Waals surface area contributed by atoms with E-state index < -0.39 is 8.07 Å². The van der Waals surface area contributed by atoms with Gasteiger partial charge < -0.3 is 0 Å². The third kappa shape index (κ3) is 10.7. The van der Waals surface area contributed by atoms with E-state index >= 15 is 0 Å². The van der Waals surface area contributed by atoms with E-state index in [2.05, 4.69) is 163 Å². The van der Waals surface area contributed by atoms with Crippen molar-refractivity contribution in [1.82, 2.24) is 9.97 Å². The molecule has 356 valence electrons. The molecule has 4 heterocycles. The number of fused-ring (bicyclic) bond motifs is 4. The second kappa shape index (κ2) is 22.9. The van der Waals surface area contributed by atoms with Crippen LogP contribution in [0.15, 0.2) is 121 Å². The first kappa shape index (κ1) is 49.1. The number of aromatic nitrogens is 2. The van der Waals surface area contributed by atoms with E-state index in [4.69, 9.17) is 9.97 Å². The molecule has 0 spiro atoms. The molecule has 5 aromatic carbocycles. The highest BCUT2D eigenvalue weighted by molar-refractivity contribution is 7.19. The predicted molar refractivity (Wildman–Crippen MR) is 307 cm³/mol. The lowest BCUT2D eigenvalue weighted by atomic mass is 9.98. The van der Waals surface area contributed by atoms with Crippen LogP contribution in [-0.4, -0.2) is 18.0 Å². The summed E-state index contributed by atoms with van der Waals surface area (Å²) in [5, 5.41) is 3.41. The van der Waals surface area contributed by atoms with Crippen molar-refractivity contribution in [2.24, 2.45) is 0 Å². The highest BCUT2D eigenvalue weighted by Gasteiger charge is 2.44. The number of thiophene rings is 2. The van der Waals surface area contributed by atoms with Crippen molar-refractivity contribution in [2.45, 2.75) is 156 Å². The number of hydrogen-bond donors (Lipinski definition) is 0. The van der Waals surface area contributed by atoms with Crippen LogP contribution in [0.4, 0.5) is 0 Å². The second-order valence-corrected chi connectivity index (χ2v) is 26.8. The smallest absolute Gasteiger partial charge is 0.119 e. The lowest BCUT2D eigenvalue weighted by Gasteiger charge is -2.31. The second-order valence-electron chi connectivity index (χ2n) is 20.2. The van der Waals surface area contributed by atoms with Crippen LogP contribution < -0.4 is 10.4 Å². The lowest BCUT2D eigenvalue weighted by Crippen LogP contribution is -2.55. The Hall–Kier alpha value is -4.94. The molecule has 3 aromatic heterocycles. The van der Waals surface area contributed by atoms with Crippen LogP contribution >= 0.6 is 22.7 Å². The molecule has 0 fully saturated rings. The van der Waals surface area contributed by atoms with E-state index in [0.29, 0.717) is 0 Å². The van der Waals surface area contributed by atoms with Gasteiger partial charge in [-0.05, 0) is 114 Å². The van der Waals surface area contributed by atoms with Gasteiger partial charge in [-0.15, -0.1) is 22.7 Å². The monoisotopic (exact) mass is 963 g/mol. The average Bonchev–Trinajstić information content (AvgIpc) is 4.11. The number of rotatable bonds is 23. The quantitative estimate of drug-likeness (QED) is 0.0472. The van der Waals surface area contributed by atoms with Gasteiger partial charge >= 0.3 is 0 Å². The summed E-state index contributed by atoms with van der Waals surface area (Å²) in [6.45, 7) is 13.7. The van der Waals surface area contributed by atoms with Gasteiger partial charge in [0, 0.05) is 41.8 Å². The molecule has 0 saturated carbocycles. The Balaban J connectivity index is 1.16. The topological polar surface area (TPSA) is 25.8 Å². The average molecular weight is 964 g/mol. The van der Waals surface area contributed by atoms with Crippen molar-refractivity contribution >= 4 is 52.2 Å². The first-order valence-electron chi connectivity index (χ1n) is 26.8. The summed E-state index contributed by atoms with van der Waals surface area (Å²) in [4.78, 5) is 16.6. The van der Waals surface area contributed by atoms with Gasteiger partial charge in [-0.2, -0.15) is 0 Å².